The maximum atomic E-state index is 5.21. The number of hydrogen-bond acceptors (Lipinski definition) is 3. The van der Waals surface area contributed by atoms with Gasteiger partial charge in [0.15, 0.2) is 0 Å². The van der Waals surface area contributed by atoms with Gasteiger partial charge in [-0.3, -0.25) is 5.32 Å². The first kappa shape index (κ1) is 7.88. The van der Waals surface area contributed by atoms with Crippen LogP contribution in [0.25, 0.3) is 0 Å². The number of ether oxygens (including phenoxy) is 1. The summed E-state index contributed by atoms with van der Waals surface area (Å²) in [5.74, 6) is 0. The number of hydrogen-bond donors (Lipinski definition) is 2. The van der Waals surface area contributed by atoms with E-state index >= 15 is 0 Å². The molecule has 3 heteroatoms. The standard InChI is InChI=1S/C5H14N2O/c1-5(8-2)7-4-3-6/h5,7H,3-4,6H2,1-2H3. The molecule has 50 valence electrons. The van der Waals surface area contributed by atoms with Gasteiger partial charge in [-0.05, 0) is 6.92 Å². The summed E-state index contributed by atoms with van der Waals surface area (Å²) < 4.78 is 4.89. The van der Waals surface area contributed by atoms with Gasteiger partial charge in [0.05, 0.1) is 0 Å². The van der Waals surface area contributed by atoms with Crippen molar-refractivity contribution in [3.05, 3.63) is 0 Å². The highest BCUT2D eigenvalue weighted by Crippen LogP contribution is 1.76. The van der Waals surface area contributed by atoms with Crippen molar-refractivity contribution in [2.24, 2.45) is 5.73 Å². The van der Waals surface area contributed by atoms with E-state index in [4.69, 9.17) is 10.5 Å². The fourth-order valence-electron chi connectivity index (χ4n) is 0.370. The van der Waals surface area contributed by atoms with Crippen LogP contribution in [0.4, 0.5) is 0 Å². The topological polar surface area (TPSA) is 47.3 Å². The molecule has 3 N–H and O–H groups in total. The molecule has 0 aliphatic heterocycles. The van der Waals surface area contributed by atoms with Crippen LogP contribution >= 0.6 is 0 Å². The van der Waals surface area contributed by atoms with Crippen LogP contribution in [0.2, 0.25) is 0 Å². The zero-order valence-electron chi connectivity index (χ0n) is 5.48. The summed E-state index contributed by atoms with van der Waals surface area (Å²) in [4.78, 5) is 0. The SMILES string of the molecule is COC(C)NCCN. The second-order valence-electron chi connectivity index (χ2n) is 1.62. The molecule has 0 spiro atoms. The molecular weight excluding hydrogens is 104 g/mol. The van der Waals surface area contributed by atoms with Crippen LogP contribution in [0.3, 0.4) is 0 Å². The Hall–Kier alpha value is -0.120. The van der Waals surface area contributed by atoms with Gasteiger partial charge in [0.25, 0.3) is 0 Å². The second kappa shape index (κ2) is 5.03. The largest absolute Gasteiger partial charge is 0.367 e. The van der Waals surface area contributed by atoms with Gasteiger partial charge in [0.2, 0.25) is 0 Å². The molecule has 0 aliphatic rings. The Morgan fingerprint density at radius 2 is 2.38 bits per heavy atom. The van der Waals surface area contributed by atoms with E-state index in [1.54, 1.807) is 7.11 Å². The van der Waals surface area contributed by atoms with E-state index in [0.717, 1.165) is 6.54 Å². The Balaban J connectivity index is 2.86. The lowest BCUT2D eigenvalue weighted by molar-refractivity contribution is 0.0906. The minimum Gasteiger partial charge on any atom is -0.367 e. The third kappa shape index (κ3) is 4.05. The minimum absolute atomic E-state index is 0.124. The summed E-state index contributed by atoms with van der Waals surface area (Å²) in [6.07, 6.45) is 0.124. The molecule has 1 unspecified atom stereocenters. The molecule has 0 heterocycles. The lowest BCUT2D eigenvalue weighted by atomic mass is 10.6. The van der Waals surface area contributed by atoms with E-state index in [0.29, 0.717) is 6.54 Å². The zero-order chi connectivity index (χ0) is 6.41. The van der Waals surface area contributed by atoms with Crippen molar-refractivity contribution in [1.29, 1.82) is 0 Å². The fraction of sp³-hybridized carbons (Fsp3) is 1.00. The summed E-state index contributed by atoms with van der Waals surface area (Å²) >= 11 is 0. The average Bonchev–Trinajstić information content (AvgIpc) is 1.83. The van der Waals surface area contributed by atoms with Crippen LogP contribution in [0.5, 0.6) is 0 Å². The minimum atomic E-state index is 0.124. The smallest absolute Gasteiger partial charge is 0.104 e. The highest BCUT2D eigenvalue weighted by molar-refractivity contribution is 4.46. The van der Waals surface area contributed by atoms with Gasteiger partial charge >= 0.3 is 0 Å². The Labute approximate surface area is 50.2 Å². The van der Waals surface area contributed by atoms with E-state index in [2.05, 4.69) is 5.32 Å². The van der Waals surface area contributed by atoms with Gasteiger partial charge in [-0.2, -0.15) is 0 Å². The molecule has 0 aromatic rings. The quantitative estimate of drug-likeness (QED) is 0.490. The number of methoxy groups -OCH3 is 1. The normalized spacial score (nSPS) is 13.9. The van der Waals surface area contributed by atoms with Crippen molar-refractivity contribution in [3.8, 4) is 0 Å². The second-order valence-corrected chi connectivity index (χ2v) is 1.62. The number of nitrogens with two attached hydrogens (primary N) is 1. The van der Waals surface area contributed by atoms with E-state index in [1.807, 2.05) is 6.92 Å². The first-order valence-corrected chi connectivity index (χ1v) is 2.77. The molecule has 3 nitrogen and oxygen atoms in total. The highest BCUT2D eigenvalue weighted by atomic mass is 16.5. The number of rotatable bonds is 4. The molecule has 0 fully saturated rings. The average molecular weight is 118 g/mol. The van der Waals surface area contributed by atoms with E-state index in [-0.39, 0.29) is 6.23 Å². The Bertz CT molecular complexity index is 49.7. The van der Waals surface area contributed by atoms with Gasteiger partial charge in [-0.1, -0.05) is 0 Å². The molecule has 0 amide bonds. The summed E-state index contributed by atoms with van der Waals surface area (Å²) in [5.41, 5.74) is 5.21. The maximum absolute atomic E-state index is 5.21. The Morgan fingerprint density at radius 3 is 2.75 bits per heavy atom. The third-order valence-corrected chi connectivity index (χ3v) is 0.930. The lowest BCUT2D eigenvalue weighted by Crippen LogP contribution is -2.32. The fourth-order valence-corrected chi connectivity index (χ4v) is 0.370. The monoisotopic (exact) mass is 118 g/mol. The van der Waals surface area contributed by atoms with E-state index in [1.165, 1.54) is 0 Å². The van der Waals surface area contributed by atoms with Gasteiger partial charge in [0.1, 0.15) is 6.23 Å². The summed E-state index contributed by atoms with van der Waals surface area (Å²) in [6.45, 7) is 3.42. The highest BCUT2D eigenvalue weighted by Gasteiger charge is 1.92. The van der Waals surface area contributed by atoms with Crippen LogP contribution in [-0.4, -0.2) is 26.4 Å². The first-order valence-electron chi connectivity index (χ1n) is 2.77. The summed E-state index contributed by atoms with van der Waals surface area (Å²) in [7, 11) is 1.66. The van der Waals surface area contributed by atoms with Crippen molar-refractivity contribution in [3.63, 3.8) is 0 Å². The Kier molecular flexibility index (Phi) is 4.95. The Morgan fingerprint density at radius 1 is 1.75 bits per heavy atom. The molecule has 8 heavy (non-hydrogen) atoms. The van der Waals surface area contributed by atoms with Gasteiger partial charge in [0, 0.05) is 20.2 Å². The van der Waals surface area contributed by atoms with Crippen LogP contribution in [0.1, 0.15) is 6.92 Å². The van der Waals surface area contributed by atoms with Gasteiger partial charge in [-0.25, -0.2) is 0 Å². The molecular formula is C5H14N2O. The molecule has 0 saturated carbocycles. The molecule has 0 aliphatic carbocycles. The molecule has 0 radical (unpaired) electrons. The van der Waals surface area contributed by atoms with Crippen LogP contribution in [0.15, 0.2) is 0 Å². The first-order chi connectivity index (χ1) is 3.81. The van der Waals surface area contributed by atoms with E-state index in [9.17, 15) is 0 Å². The number of nitrogens with one attached hydrogen (secondary N) is 1. The van der Waals surface area contributed by atoms with Crippen molar-refractivity contribution >= 4 is 0 Å². The van der Waals surface area contributed by atoms with Crippen LogP contribution in [0, 0.1) is 0 Å². The third-order valence-electron chi connectivity index (χ3n) is 0.930. The van der Waals surface area contributed by atoms with Crippen molar-refractivity contribution in [1.82, 2.24) is 5.32 Å². The molecule has 0 saturated heterocycles. The van der Waals surface area contributed by atoms with Crippen LogP contribution in [-0.2, 0) is 4.74 Å². The van der Waals surface area contributed by atoms with Crippen molar-refractivity contribution < 1.29 is 4.74 Å². The van der Waals surface area contributed by atoms with Gasteiger partial charge in [-0.15, -0.1) is 0 Å². The predicted octanol–water partition coefficient (Wildman–Crippen LogP) is -0.473. The van der Waals surface area contributed by atoms with Gasteiger partial charge < -0.3 is 10.5 Å². The van der Waals surface area contributed by atoms with E-state index < -0.39 is 0 Å². The molecule has 0 bridgehead atoms. The maximum Gasteiger partial charge on any atom is 0.104 e. The molecule has 0 aromatic carbocycles. The van der Waals surface area contributed by atoms with Crippen LogP contribution < -0.4 is 11.1 Å². The predicted molar refractivity (Wildman–Crippen MR) is 33.5 cm³/mol. The summed E-state index contributed by atoms with van der Waals surface area (Å²) in [5, 5.41) is 3.03. The zero-order valence-corrected chi connectivity index (χ0v) is 5.48. The molecule has 1 atom stereocenters. The lowest BCUT2D eigenvalue weighted by Gasteiger charge is -2.09. The molecule has 0 rings (SSSR count). The van der Waals surface area contributed by atoms with Crippen molar-refractivity contribution in [2.45, 2.75) is 13.2 Å². The summed E-state index contributed by atoms with van der Waals surface area (Å²) in [6, 6.07) is 0. The molecule has 0 aromatic heterocycles. The van der Waals surface area contributed by atoms with Crippen molar-refractivity contribution in [2.75, 3.05) is 20.2 Å².